The number of pyridine rings is 1. The summed E-state index contributed by atoms with van der Waals surface area (Å²) in [7, 11) is 0. The van der Waals surface area contributed by atoms with Crippen molar-refractivity contribution in [2.24, 2.45) is 0 Å². The Morgan fingerprint density at radius 1 is 1.57 bits per heavy atom. The van der Waals surface area contributed by atoms with Crippen molar-refractivity contribution in [2.75, 3.05) is 11.5 Å². The molecule has 2 nitrogen and oxygen atoms in total. The summed E-state index contributed by atoms with van der Waals surface area (Å²) in [5, 5.41) is 3.54. The lowest BCUT2D eigenvalue weighted by Gasteiger charge is -2.10. The van der Waals surface area contributed by atoms with E-state index in [1.165, 1.54) is 23.5 Å². The lowest BCUT2D eigenvalue weighted by atomic mass is 10.2. The molecule has 0 saturated carbocycles. The van der Waals surface area contributed by atoms with Gasteiger partial charge in [0.25, 0.3) is 0 Å². The Morgan fingerprint density at radius 3 is 3.21 bits per heavy atom. The second-order valence-corrected chi connectivity index (χ2v) is 5.52. The van der Waals surface area contributed by atoms with Gasteiger partial charge in [0.1, 0.15) is 0 Å². The van der Waals surface area contributed by atoms with E-state index >= 15 is 0 Å². The van der Waals surface area contributed by atoms with Crippen molar-refractivity contribution >= 4 is 27.7 Å². The van der Waals surface area contributed by atoms with E-state index in [2.05, 4.69) is 32.3 Å². The smallest absolute Gasteiger partial charge is 0.0410 e. The predicted molar refractivity (Wildman–Crippen MR) is 64.5 cm³/mol. The van der Waals surface area contributed by atoms with E-state index in [0.29, 0.717) is 6.04 Å². The Kier molecular flexibility index (Phi) is 3.84. The highest BCUT2D eigenvalue weighted by Crippen LogP contribution is 2.17. The maximum atomic E-state index is 4.14. The Balaban J connectivity index is 1.85. The molecule has 1 atom stereocenters. The molecule has 2 rings (SSSR count). The van der Waals surface area contributed by atoms with Gasteiger partial charge >= 0.3 is 0 Å². The summed E-state index contributed by atoms with van der Waals surface area (Å²) in [5.74, 6) is 2.55. The van der Waals surface area contributed by atoms with E-state index < -0.39 is 0 Å². The summed E-state index contributed by atoms with van der Waals surface area (Å²) in [5.41, 5.74) is 1.25. The van der Waals surface area contributed by atoms with Gasteiger partial charge in [0, 0.05) is 35.2 Å². The first-order valence-corrected chi connectivity index (χ1v) is 6.70. The Morgan fingerprint density at radius 2 is 2.50 bits per heavy atom. The first kappa shape index (κ1) is 10.5. The zero-order chi connectivity index (χ0) is 9.80. The first-order valence-electron chi connectivity index (χ1n) is 4.75. The molecule has 1 aliphatic rings. The zero-order valence-corrected chi connectivity index (χ0v) is 10.3. The number of aromatic nitrogens is 1. The number of halogens is 1. The Hall–Kier alpha value is -0.0600. The van der Waals surface area contributed by atoms with Gasteiger partial charge in [0.05, 0.1) is 0 Å². The third-order valence-corrected chi connectivity index (χ3v) is 3.88. The standard InChI is InChI=1S/C10H13BrN2S/c11-9-3-8(4-12-6-9)5-13-10-1-2-14-7-10/h3-4,6,10,13H,1-2,5,7H2. The largest absolute Gasteiger partial charge is 0.309 e. The molecular formula is C10H13BrN2S. The van der Waals surface area contributed by atoms with Gasteiger partial charge in [-0.1, -0.05) is 0 Å². The van der Waals surface area contributed by atoms with Crippen LogP contribution in [-0.2, 0) is 6.54 Å². The van der Waals surface area contributed by atoms with E-state index in [1.807, 2.05) is 24.2 Å². The molecule has 0 aromatic carbocycles. The topological polar surface area (TPSA) is 24.9 Å². The highest BCUT2D eigenvalue weighted by atomic mass is 79.9. The van der Waals surface area contributed by atoms with Crippen molar-refractivity contribution in [1.29, 1.82) is 0 Å². The second-order valence-electron chi connectivity index (χ2n) is 3.45. The fourth-order valence-electron chi connectivity index (χ4n) is 1.51. The van der Waals surface area contributed by atoms with Crippen LogP contribution in [0.5, 0.6) is 0 Å². The minimum absolute atomic E-state index is 0.694. The third-order valence-electron chi connectivity index (χ3n) is 2.29. The molecule has 0 aliphatic carbocycles. The summed E-state index contributed by atoms with van der Waals surface area (Å²) in [6, 6.07) is 2.81. The van der Waals surface area contributed by atoms with Crippen molar-refractivity contribution in [1.82, 2.24) is 10.3 Å². The van der Waals surface area contributed by atoms with Crippen molar-refractivity contribution in [3.63, 3.8) is 0 Å². The molecule has 14 heavy (non-hydrogen) atoms. The summed E-state index contributed by atoms with van der Waals surface area (Å²) in [4.78, 5) is 4.14. The predicted octanol–water partition coefficient (Wildman–Crippen LogP) is 2.44. The van der Waals surface area contributed by atoms with Gasteiger partial charge in [0.2, 0.25) is 0 Å². The van der Waals surface area contributed by atoms with Crippen LogP contribution < -0.4 is 5.32 Å². The maximum absolute atomic E-state index is 4.14. The SMILES string of the molecule is Brc1cncc(CNC2CCSC2)c1. The first-order chi connectivity index (χ1) is 6.84. The average molecular weight is 273 g/mol. The minimum atomic E-state index is 0.694. The summed E-state index contributed by atoms with van der Waals surface area (Å²) in [6.07, 6.45) is 5.03. The molecule has 0 spiro atoms. The van der Waals surface area contributed by atoms with Gasteiger partial charge < -0.3 is 5.32 Å². The quantitative estimate of drug-likeness (QED) is 0.915. The second kappa shape index (κ2) is 5.14. The lowest BCUT2D eigenvalue weighted by Crippen LogP contribution is -2.27. The summed E-state index contributed by atoms with van der Waals surface area (Å²) >= 11 is 5.45. The van der Waals surface area contributed by atoms with Crippen LogP contribution in [0.25, 0.3) is 0 Å². The highest BCUT2D eigenvalue weighted by Gasteiger charge is 2.14. The molecule has 0 amide bonds. The fraction of sp³-hybridized carbons (Fsp3) is 0.500. The van der Waals surface area contributed by atoms with Gasteiger partial charge in [0.15, 0.2) is 0 Å². The number of thioether (sulfide) groups is 1. The molecule has 1 aromatic rings. The Bertz CT molecular complexity index is 300. The molecule has 76 valence electrons. The molecule has 2 heterocycles. The van der Waals surface area contributed by atoms with Crippen LogP contribution in [0.15, 0.2) is 22.9 Å². The maximum Gasteiger partial charge on any atom is 0.0410 e. The van der Waals surface area contributed by atoms with Gasteiger partial charge in [-0.3, -0.25) is 4.98 Å². The van der Waals surface area contributed by atoms with Gasteiger partial charge in [-0.15, -0.1) is 0 Å². The van der Waals surface area contributed by atoms with Crippen molar-refractivity contribution in [3.05, 3.63) is 28.5 Å². The van der Waals surface area contributed by atoms with Crippen molar-refractivity contribution in [2.45, 2.75) is 19.0 Å². The van der Waals surface area contributed by atoms with Crippen LogP contribution in [-0.4, -0.2) is 22.5 Å². The van der Waals surface area contributed by atoms with Gasteiger partial charge in [-0.2, -0.15) is 11.8 Å². The van der Waals surface area contributed by atoms with Gasteiger partial charge in [-0.05, 0) is 39.7 Å². The molecular weight excluding hydrogens is 260 g/mol. The van der Waals surface area contributed by atoms with Gasteiger partial charge in [-0.25, -0.2) is 0 Å². The molecule has 4 heteroatoms. The summed E-state index contributed by atoms with van der Waals surface area (Å²) < 4.78 is 1.05. The molecule has 1 aromatic heterocycles. The van der Waals surface area contributed by atoms with Crippen LogP contribution in [0.2, 0.25) is 0 Å². The minimum Gasteiger partial charge on any atom is -0.309 e. The molecule has 0 bridgehead atoms. The lowest BCUT2D eigenvalue weighted by molar-refractivity contribution is 0.557. The van der Waals surface area contributed by atoms with E-state index in [-0.39, 0.29) is 0 Å². The van der Waals surface area contributed by atoms with E-state index in [4.69, 9.17) is 0 Å². The monoisotopic (exact) mass is 272 g/mol. The molecule has 1 N–H and O–H groups in total. The average Bonchev–Trinajstić information content (AvgIpc) is 2.67. The normalized spacial score (nSPS) is 21.4. The Labute approximate surface area is 97.0 Å². The van der Waals surface area contributed by atoms with E-state index in [0.717, 1.165) is 11.0 Å². The van der Waals surface area contributed by atoms with Crippen LogP contribution in [0.1, 0.15) is 12.0 Å². The van der Waals surface area contributed by atoms with Crippen LogP contribution >= 0.6 is 27.7 Å². The van der Waals surface area contributed by atoms with Crippen LogP contribution in [0.3, 0.4) is 0 Å². The number of rotatable bonds is 3. The number of hydrogen-bond acceptors (Lipinski definition) is 3. The fourth-order valence-corrected chi connectivity index (χ4v) is 3.11. The molecule has 1 fully saturated rings. The number of nitrogens with one attached hydrogen (secondary N) is 1. The van der Waals surface area contributed by atoms with Crippen LogP contribution in [0.4, 0.5) is 0 Å². The van der Waals surface area contributed by atoms with Crippen LogP contribution in [0, 0.1) is 0 Å². The van der Waals surface area contributed by atoms with Crippen molar-refractivity contribution in [3.8, 4) is 0 Å². The highest BCUT2D eigenvalue weighted by molar-refractivity contribution is 9.10. The van der Waals surface area contributed by atoms with E-state index in [9.17, 15) is 0 Å². The van der Waals surface area contributed by atoms with Crippen molar-refractivity contribution < 1.29 is 0 Å². The molecule has 1 aliphatic heterocycles. The summed E-state index contributed by atoms with van der Waals surface area (Å²) in [6.45, 7) is 0.928. The molecule has 0 radical (unpaired) electrons. The number of hydrogen-bond donors (Lipinski definition) is 1. The van der Waals surface area contributed by atoms with E-state index in [1.54, 1.807) is 0 Å². The third kappa shape index (κ3) is 2.97. The number of nitrogens with zero attached hydrogens (tertiary/aromatic N) is 1. The molecule has 1 unspecified atom stereocenters. The zero-order valence-electron chi connectivity index (χ0n) is 7.87. The molecule has 1 saturated heterocycles.